The highest BCUT2D eigenvalue weighted by atomic mass is 16.5. The number of hydrogen-bond acceptors (Lipinski definition) is 5. The molecule has 0 aliphatic rings. The second kappa shape index (κ2) is 9.38. The molecule has 0 radical (unpaired) electrons. The number of carbonyl (C=O) groups excluding carboxylic acids is 3. The fraction of sp³-hybridized carbons (Fsp3) is 0.250. The fourth-order valence-electron chi connectivity index (χ4n) is 2.43. The van der Waals surface area contributed by atoms with Gasteiger partial charge in [-0.3, -0.25) is 9.59 Å². The van der Waals surface area contributed by atoms with Gasteiger partial charge in [0.1, 0.15) is 5.75 Å². The maximum Gasteiger partial charge on any atom is 0.338 e. The number of esters is 1. The summed E-state index contributed by atoms with van der Waals surface area (Å²) in [6, 6.07) is 12.2. The molecule has 0 atom stereocenters. The van der Waals surface area contributed by atoms with Crippen LogP contribution >= 0.6 is 0 Å². The van der Waals surface area contributed by atoms with Gasteiger partial charge < -0.3 is 20.1 Å². The SMILES string of the molecule is CCN(CC)C(=O)c1ccc(NC(=O)COC(=O)c2cccc(O)c2)cc1. The number of amides is 2. The Hall–Kier alpha value is -3.35. The minimum Gasteiger partial charge on any atom is -0.508 e. The van der Waals surface area contributed by atoms with Gasteiger partial charge in [0, 0.05) is 24.3 Å². The van der Waals surface area contributed by atoms with Gasteiger partial charge in [0.2, 0.25) is 0 Å². The summed E-state index contributed by atoms with van der Waals surface area (Å²) in [5, 5.41) is 11.9. The molecule has 0 saturated carbocycles. The summed E-state index contributed by atoms with van der Waals surface area (Å²) >= 11 is 0. The first-order chi connectivity index (χ1) is 12.9. The first-order valence-corrected chi connectivity index (χ1v) is 8.60. The third-order valence-electron chi connectivity index (χ3n) is 3.88. The molecule has 0 aliphatic heterocycles. The molecule has 0 fully saturated rings. The summed E-state index contributed by atoms with van der Waals surface area (Å²) in [6.45, 7) is 4.60. The van der Waals surface area contributed by atoms with E-state index in [2.05, 4.69) is 5.32 Å². The summed E-state index contributed by atoms with van der Waals surface area (Å²) in [4.78, 5) is 37.7. The number of carbonyl (C=O) groups is 3. The smallest absolute Gasteiger partial charge is 0.338 e. The number of hydrogen-bond donors (Lipinski definition) is 2. The van der Waals surface area contributed by atoms with Gasteiger partial charge in [-0.05, 0) is 56.3 Å². The van der Waals surface area contributed by atoms with Crippen LogP contribution in [-0.4, -0.2) is 47.5 Å². The minimum atomic E-state index is -0.707. The second-order valence-electron chi connectivity index (χ2n) is 5.73. The van der Waals surface area contributed by atoms with Gasteiger partial charge in [-0.2, -0.15) is 0 Å². The molecule has 2 rings (SSSR count). The van der Waals surface area contributed by atoms with Crippen molar-refractivity contribution >= 4 is 23.5 Å². The first kappa shape index (κ1) is 20.0. The van der Waals surface area contributed by atoms with E-state index in [9.17, 15) is 19.5 Å². The van der Waals surface area contributed by atoms with E-state index in [1.807, 2.05) is 13.8 Å². The molecule has 7 nitrogen and oxygen atoms in total. The molecule has 0 aromatic heterocycles. The average molecular weight is 370 g/mol. The molecular formula is C20H22N2O5. The van der Waals surface area contributed by atoms with Crippen LogP contribution in [0.3, 0.4) is 0 Å². The van der Waals surface area contributed by atoms with Crippen molar-refractivity contribution in [3.63, 3.8) is 0 Å². The Morgan fingerprint density at radius 1 is 1.00 bits per heavy atom. The monoisotopic (exact) mass is 370 g/mol. The van der Waals surface area contributed by atoms with E-state index in [4.69, 9.17) is 4.74 Å². The Labute approximate surface area is 157 Å². The van der Waals surface area contributed by atoms with Crippen LogP contribution in [0.15, 0.2) is 48.5 Å². The lowest BCUT2D eigenvalue weighted by Crippen LogP contribution is -2.30. The van der Waals surface area contributed by atoms with E-state index in [0.29, 0.717) is 24.3 Å². The summed E-state index contributed by atoms with van der Waals surface area (Å²) in [5.41, 5.74) is 1.18. The highest BCUT2D eigenvalue weighted by Gasteiger charge is 2.13. The molecule has 2 aromatic rings. The van der Waals surface area contributed by atoms with Crippen molar-refractivity contribution in [1.29, 1.82) is 0 Å². The lowest BCUT2D eigenvalue weighted by molar-refractivity contribution is -0.119. The van der Waals surface area contributed by atoms with Crippen LogP contribution < -0.4 is 5.32 Å². The molecule has 0 heterocycles. The van der Waals surface area contributed by atoms with Crippen molar-refractivity contribution in [2.24, 2.45) is 0 Å². The van der Waals surface area contributed by atoms with Crippen molar-refractivity contribution < 1.29 is 24.2 Å². The molecule has 0 bridgehead atoms. The van der Waals surface area contributed by atoms with Gasteiger partial charge in [0.05, 0.1) is 5.56 Å². The molecule has 2 amide bonds. The summed E-state index contributed by atoms with van der Waals surface area (Å²) in [7, 11) is 0. The highest BCUT2D eigenvalue weighted by molar-refractivity contribution is 5.97. The number of anilines is 1. The molecule has 0 spiro atoms. The zero-order valence-electron chi connectivity index (χ0n) is 15.3. The highest BCUT2D eigenvalue weighted by Crippen LogP contribution is 2.13. The lowest BCUT2D eigenvalue weighted by Gasteiger charge is -2.18. The molecule has 142 valence electrons. The molecule has 7 heteroatoms. The minimum absolute atomic E-state index is 0.0618. The van der Waals surface area contributed by atoms with E-state index in [1.165, 1.54) is 24.3 Å². The van der Waals surface area contributed by atoms with Gasteiger partial charge in [-0.15, -0.1) is 0 Å². The maximum atomic E-state index is 12.2. The van der Waals surface area contributed by atoms with E-state index in [-0.39, 0.29) is 17.2 Å². The van der Waals surface area contributed by atoms with Crippen LogP contribution in [0.4, 0.5) is 5.69 Å². The van der Waals surface area contributed by atoms with Gasteiger partial charge in [0.15, 0.2) is 6.61 Å². The normalized spacial score (nSPS) is 10.1. The lowest BCUT2D eigenvalue weighted by atomic mass is 10.2. The van der Waals surface area contributed by atoms with E-state index in [0.717, 1.165) is 0 Å². The number of phenolic OH excluding ortho intramolecular Hbond substituents is 1. The van der Waals surface area contributed by atoms with Crippen LogP contribution in [0.1, 0.15) is 34.6 Å². The van der Waals surface area contributed by atoms with Gasteiger partial charge in [-0.1, -0.05) is 6.07 Å². The number of nitrogens with one attached hydrogen (secondary N) is 1. The molecule has 2 N–H and O–H groups in total. The molecule has 2 aromatic carbocycles. The number of aromatic hydroxyl groups is 1. The maximum absolute atomic E-state index is 12.2. The Bertz CT molecular complexity index is 813. The molecule has 0 aliphatic carbocycles. The van der Waals surface area contributed by atoms with Gasteiger partial charge >= 0.3 is 5.97 Å². The Morgan fingerprint density at radius 2 is 1.67 bits per heavy atom. The largest absolute Gasteiger partial charge is 0.508 e. The Kier molecular flexibility index (Phi) is 6.93. The quantitative estimate of drug-likeness (QED) is 0.731. The van der Waals surface area contributed by atoms with Crippen LogP contribution in [0.25, 0.3) is 0 Å². The average Bonchev–Trinajstić information content (AvgIpc) is 2.67. The number of nitrogens with zero attached hydrogens (tertiary/aromatic N) is 1. The zero-order chi connectivity index (χ0) is 19.8. The predicted molar refractivity (Wildman–Crippen MR) is 101 cm³/mol. The molecule has 0 saturated heterocycles. The Morgan fingerprint density at radius 3 is 2.26 bits per heavy atom. The van der Waals surface area contributed by atoms with Crippen molar-refractivity contribution in [1.82, 2.24) is 4.90 Å². The van der Waals surface area contributed by atoms with Crippen LogP contribution in [0, 0.1) is 0 Å². The van der Waals surface area contributed by atoms with Crippen molar-refractivity contribution in [3.8, 4) is 5.75 Å². The van der Waals surface area contributed by atoms with Crippen molar-refractivity contribution in [3.05, 3.63) is 59.7 Å². The summed E-state index contributed by atoms with van der Waals surface area (Å²) < 4.78 is 4.92. The fourth-order valence-corrected chi connectivity index (χ4v) is 2.43. The second-order valence-corrected chi connectivity index (χ2v) is 5.73. The standard InChI is InChI=1S/C20H22N2O5/c1-3-22(4-2)19(25)14-8-10-16(11-9-14)21-18(24)13-27-20(26)15-6-5-7-17(23)12-15/h5-12,23H,3-4,13H2,1-2H3,(H,21,24). The zero-order valence-corrected chi connectivity index (χ0v) is 15.3. The van der Waals surface area contributed by atoms with Crippen LogP contribution in [-0.2, 0) is 9.53 Å². The summed E-state index contributed by atoms with van der Waals surface area (Å²) in [5.74, 6) is -1.35. The third-order valence-corrected chi connectivity index (χ3v) is 3.88. The topological polar surface area (TPSA) is 95.9 Å². The van der Waals surface area contributed by atoms with Crippen LogP contribution in [0.5, 0.6) is 5.75 Å². The predicted octanol–water partition coefficient (Wildman–Crippen LogP) is 2.67. The molecule has 27 heavy (non-hydrogen) atoms. The van der Waals surface area contributed by atoms with E-state index in [1.54, 1.807) is 29.2 Å². The first-order valence-electron chi connectivity index (χ1n) is 8.60. The number of phenols is 1. The summed E-state index contributed by atoms with van der Waals surface area (Å²) in [6.07, 6.45) is 0. The van der Waals surface area contributed by atoms with Gasteiger partial charge in [-0.25, -0.2) is 4.79 Å². The van der Waals surface area contributed by atoms with E-state index < -0.39 is 18.5 Å². The van der Waals surface area contributed by atoms with Gasteiger partial charge in [0.25, 0.3) is 11.8 Å². The third kappa shape index (κ3) is 5.57. The molecule has 0 unspecified atom stereocenters. The van der Waals surface area contributed by atoms with Crippen molar-refractivity contribution in [2.75, 3.05) is 25.0 Å². The van der Waals surface area contributed by atoms with E-state index >= 15 is 0 Å². The van der Waals surface area contributed by atoms with Crippen molar-refractivity contribution in [2.45, 2.75) is 13.8 Å². The number of rotatable bonds is 7. The molecular weight excluding hydrogens is 348 g/mol. The number of benzene rings is 2. The Balaban J connectivity index is 1.88. The van der Waals surface area contributed by atoms with Crippen LogP contribution in [0.2, 0.25) is 0 Å². The number of ether oxygens (including phenoxy) is 1.